The van der Waals surface area contributed by atoms with Crippen LogP contribution in [-0.4, -0.2) is 34.8 Å². The van der Waals surface area contributed by atoms with Crippen molar-refractivity contribution in [1.82, 2.24) is 10.2 Å². The number of urea groups is 1. The number of amides is 4. The molecule has 3 rings (SSSR count). The summed E-state index contributed by atoms with van der Waals surface area (Å²) in [4.78, 5) is 38.6. The van der Waals surface area contributed by atoms with Crippen LogP contribution in [0.25, 0.3) is 0 Å². The molecule has 0 aromatic heterocycles. The van der Waals surface area contributed by atoms with Gasteiger partial charge >= 0.3 is 6.03 Å². The standard InChI is InChI=1S/C19H23ClFN3O3/c1-11-7-18(2,3)10-19(8-11)16(26)24(17(27)23-19)9-14(25)22-13-6-4-5-12(20)15(13)21/h4-6,11H,7-10H2,1-3H3,(H,22,25)(H,23,27). The molecule has 1 aliphatic carbocycles. The average molecular weight is 396 g/mol. The van der Waals surface area contributed by atoms with E-state index in [2.05, 4.69) is 31.4 Å². The van der Waals surface area contributed by atoms with Crippen LogP contribution in [0.5, 0.6) is 0 Å². The zero-order valence-electron chi connectivity index (χ0n) is 15.6. The van der Waals surface area contributed by atoms with Crippen molar-refractivity contribution < 1.29 is 18.8 Å². The second-order valence-corrected chi connectivity index (χ2v) is 8.81. The molecule has 4 amide bonds. The lowest BCUT2D eigenvalue weighted by molar-refractivity contribution is -0.136. The molecule has 1 aliphatic heterocycles. The first-order valence-corrected chi connectivity index (χ1v) is 9.29. The molecule has 2 N–H and O–H groups in total. The highest BCUT2D eigenvalue weighted by atomic mass is 35.5. The van der Waals surface area contributed by atoms with Gasteiger partial charge in [-0.05, 0) is 42.7 Å². The number of benzene rings is 1. The number of nitrogens with one attached hydrogen (secondary N) is 2. The molecule has 1 aromatic rings. The fourth-order valence-corrected chi connectivity index (χ4v) is 4.76. The van der Waals surface area contributed by atoms with Crippen molar-refractivity contribution in [3.63, 3.8) is 0 Å². The second-order valence-electron chi connectivity index (χ2n) is 8.41. The van der Waals surface area contributed by atoms with Crippen molar-refractivity contribution in [3.05, 3.63) is 29.0 Å². The van der Waals surface area contributed by atoms with Crippen LogP contribution in [0, 0.1) is 17.2 Å². The summed E-state index contributed by atoms with van der Waals surface area (Å²) in [7, 11) is 0. The first kappa shape index (κ1) is 19.6. The topological polar surface area (TPSA) is 78.5 Å². The molecule has 1 aromatic carbocycles. The lowest BCUT2D eigenvalue weighted by atomic mass is 9.64. The molecule has 0 radical (unpaired) electrons. The number of carbonyl (C=O) groups excluding carboxylic acids is 3. The Kier molecular flexibility index (Phi) is 4.93. The molecule has 6 nitrogen and oxygen atoms in total. The van der Waals surface area contributed by atoms with Gasteiger partial charge in [0.25, 0.3) is 5.91 Å². The number of imide groups is 1. The van der Waals surface area contributed by atoms with Crippen LogP contribution in [0.1, 0.15) is 40.0 Å². The van der Waals surface area contributed by atoms with E-state index in [9.17, 15) is 18.8 Å². The molecule has 1 saturated heterocycles. The Morgan fingerprint density at radius 1 is 1.37 bits per heavy atom. The summed E-state index contributed by atoms with van der Waals surface area (Å²) in [6.45, 7) is 5.72. The third kappa shape index (κ3) is 3.78. The lowest BCUT2D eigenvalue weighted by Crippen LogP contribution is -2.54. The van der Waals surface area contributed by atoms with Gasteiger partial charge < -0.3 is 10.6 Å². The van der Waals surface area contributed by atoms with Gasteiger partial charge in [0, 0.05) is 0 Å². The highest BCUT2D eigenvalue weighted by Gasteiger charge is 2.56. The van der Waals surface area contributed by atoms with E-state index in [1.165, 1.54) is 18.2 Å². The Labute approximate surface area is 162 Å². The van der Waals surface area contributed by atoms with E-state index in [1.807, 2.05) is 0 Å². The van der Waals surface area contributed by atoms with Crippen LogP contribution >= 0.6 is 11.6 Å². The van der Waals surface area contributed by atoms with Gasteiger partial charge in [-0.1, -0.05) is 38.4 Å². The molecule has 2 atom stereocenters. The summed E-state index contributed by atoms with van der Waals surface area (Å²) in [5.74, 6) is -1.55. The number of hydrogen-bond acceptors (Lipinski definition) is 3. The molecule has 27 heavy (non-hydrogen) atoms. The van der Waals surface area contributed by atoms with Crippen LogP contribution in [0.4, 0.5) is 14.9 Å². The van der Waals surface area contributed by atoms with Crippen molar-refractivity contribution in [2.24, 2.45) is 11.3 Å². The number of halogens is 2. The minimum Gasteiger partial charge on any atom is -0.323 e. The molecule has 1 saturated carbocycles. The second kappa shape index (κ2) is 6.78. The molecule has 1 heterocycles. The van der Waals surface area contributed by atoms with Gasteiger partial charge in [-0.3, -0.25) is 14.5 Å². The molecule has 2 unspecified atom stereocenters. The Bertz CT molecular complexity index is 813. The SMILES string of the molecule is CC1CC(C)(C)CC2(C1)NC(=O)N(CC(=O)Nc1cccc(Cl)c1F)C2=O. The maximum Gasteiger partial charge on any atom is 0.325 e. The molecule has 1 spiro atoms. The van der Waals surface area contributed by atoms with Crippen molar-refractivity contribution in [3.8, 4) is 0 Å². The maximum absolute atomic E-state index is 13.9. The van der Waals surface area contributed by atoms with Crippen LogP contribution in [0.15, 0.2) is 18.2 Å². The van der Waals surface area contributed by atoms with E-state index < -0.39 is 35.7 Å². The predicted octanol–water partition coefficient (Wildman–Crippen LogP) is 3.55. The molecule has 2 fully saturated rings. The van der Waals surface area contributed by atoms with E-state index in [0.717, 1.165) is 11.3 Å². The Morgan fingerprint density at radius 2 is 2.07 bits per heavy atom. The van der Waals surface area contributed by atoms with Gasteiger partial charge in [-0.25, -0.2) is 9.18 Å². The van der Waals surface area contributed by atoms with Gasteiger partial charge in [-0.2, -0.15) is 0 Å². The highest BCUT2D eigenvalue weighted by molar-refractivity contribution is 6.31. The summed E-state index contributed by atoms with van der Waals surface area (Å²) in [6.07, 6.45) is 2.03. The zero-order chi connectivity index (χ0) is 20.0. The van der Waals surface area contributed by atoms with E-state index in [0.29, 0.717) is 12.8 Å². The minimum absolute atomic E-state index is 0.0945. The zero-order valence-corrected chi connectivity index (χ0v) is 16.3. The molecule has 2 aliphatic rings. The molecular formula is C19H23ClFN3O3. The largest absolute Gasteiger partial charge is 0.325 e. The van der Waals surface area contributed by atoms with E-state index in [1.54, 1.807) is 0 Å². The van der Waals surface area contributed by atoms with Crippen LogP contribution < -0.4 is 10.6 Å². The highest BCUT2D eigenvalue weighted by Crippen LogP contribution is 2.46. The number of carbonyl (C=O) groups is 3. The Balaban J connectivity index is 1.74. The van der Waals surface area contributed by atoms with Gasteiger partial charge in [0.2, 0.25) is 5.91 Å². The average Bonchev–Trinajstić information content (AvgIpc) is 2.73. The number of nitrogens with zero attached hydrogens (tertiary/aromatic N) is 1. The molecule has 0 bridgehead atoms. The summed E-state index contributed by atoms with van der Waals surface area (Å²) < 4.78 is 13.9. The normalized spacial score (nSPS) is 27.0. The third-order valence-electron chi connectivity index (χ3n) is 5.15. The maximum atomic E-state index is 13.9. The predicted molar refractivity (Wildman–Crippen MR) is 99.8 cm³/mol. The Hall–Kier alpha value is -2.15. The third-order valence-corrected chi connectivity index (χ3v) is 5.44. The summed E-state index contributed by atoms with van der Waals surface area (Å²) >= 11 is 5.70. The minimum atomic E-state index is -0.972. The van der Waals surface area contributed by atoms with Crippen molar-refractivity contribution >= 4 is 35.1 Å². The Morgan fingerprint density at radius 3 is 2.74 bits per heavy atom. The quantitative estimate of drug-likeness (QED) is 0.768. The molecule has 146 valence electrons. The number of rotatable bonds is 3. The monoisotopic (exact) mass is 395 g/mol. The summed E-state index contributed by atoms with van der Waals surface area (Å²) in [5, 5.41) is 5.05. The van der Waals surface area contributed by atoms with Crippen molar-refractivity contribution in [1.29, 1.82) is 0 Å². The first-order chi connectivity index (χ1) is 12.5. The van der Waals surface area contributed by atoms with Crippen molar-refractivity contribution in [2.45, 2.75) is 45.6 Å². The number of anilines is 1. The van der Waals surface area contributed by atoms with Crippen LogP contribution in [-0.2, 0) is 9.59 Å². The van der Waals surface area contributed by atoms with Gasteiger partial charge in [0.15, 0.2) is 5.82 Å². The van der Waals surface area contributed by atoms with Crippen LogP contribution in [0.3, 0.4) is 0 Å². The van der Waals surface area contributed by atoms with E-state index >= 15 is 0 Å². The van der Waals surface area contributed by atoms with E-state index in [-0.39, 0.29) is 22.0 Å². The summed E-state index contributed by atoms with van der Waals surface area (Å²) in [5.41, 5.74) is -1.16. The molecular weight excluding hydrogens is 373 g/mol. The van der Waals surface area contributed by atoms with Gasteiger partial charge in [0.1, 0.15) is 12.1 Å². The van der Waals surface area contributed by atoms with Crippen molar-refractivity contribution in [2.75, 3.05) is 11.9 Å². The van der Waals surface area contributed by atoms with Gasteiger partial charge in [-0.15, -0.1) is 0 Å². The smallest absolute Gasteiger partial charge is 0.323 e. The van der Waals surface area contributed by atoms with Crippen LogP contribution in [0.2, 0.25) is 5.02 Å². The fraction of sp³-hybridized carbons (Fsp3) is 0.526. The van der Waals surface area contributed by atoms with Gasteiger partial charge in [0.05, 0.1) is 10.7 Å². The lowest BCUT2D eigenvalue weighted by Gasteiger charge is -2.43. The fourth-order valence-electron chi connectivity index (χ4n) is 4.58. The molecule has 8 heteroatoms. The first-order valence-electron chi connectivity index (χ1n) is 8.91. The number of hydrogen-bond donors (Lipinski definition) is 2. The van der Waals surface area contributed by atoms with E-state index in [4.69, 9.17) is 11.6 Å². The summed E-state index contributed by atoms with van der Waals surface area (Å²) in [6, 6.07) is 3.62.